The lowest BCUT2D eigenvalue weighted by Crippen LogP contribution is -3.10. The maximum atomic E-state index is 11.0. The zero-order valence-corrected chi connectivity index (χ0v) is 12.6. The van der Waals surface area contributed by atoms with E-state index in [1.54, 1.807) is 38.7 Å². The summed E-state index contributed by atoms with van der Waals surface area (Å²) >= 11 is 0. The number of carboxylic acid groups (broad SMARTS) is 1. The van der Waals surface area contributed by atoms with Gasteiger partial charge < -0.3 is 28.7 Å². The van der Waals surface area contributed by atoms with E-state index in [0.29, 0.717) is 24.6 Å². The first-order valence-electron chi connectivity index (χ1n) is 6.89. The number of carbonyl (C=O) groups excluding carboxylic acids is 1. The van der Waals surface area contributed by atoms with Gasteiger partial charge in [-0.2, -0.15) is 0 Å². The average Bonchev–Trinajstić information content (AvgIpc) is 2.99. The van der Waals surface area contributed by atoms with Crippen LogP contribution in [0.3, 0.4) is 0 Å². The lowest BCUT2D eigenvalue weighted by Gasteiger charge is -2.20. The molecule has 0 bridgehead atoms. The minimum Gasteiger partial charge on any atom is -0.544 e. The fourth-order valence-electron chi connectivity index (χ4n) is 2.34. The van der Waals surface area contributed by atoms with Crippen molar-refractivity contribution in [3.63, 3.8) is 0 Å². The number of furan rings is 1. The second-order valence-corrected chi connectivity index (χ2v) is 4.91. The van der Waals surface area contributed by atoms with Crippen LogP contribution in [0.25, 0.3) is 0 Å². The molecule has 0 saturated heterocycles. The number of methoxy groups -OCH3 is 2. The van der Waals surface area contributed by atoms with Crippen LogP contribution in [0.4, 0.5) is 0 Å². The zero-order valence-electron chi connectivity index (χ0n) is 12.6. The third kappa shape index (κ3) is 4.26. The highest BCUT2D eigenvalue weighted by Crippen LogP contribution is 2.23. The number of carbonyl (C=O) groups is 1. The Bertz CT molecular complexity index is 609. The number of nitrogens with one attached hydrogen (secondary N) is 1. The molecule has 118 valence electrons. The molecule has 0 spiro atoms. The van der Waals surface area contributed by atoms with Crippen LogP contribution in [-0.2, 0) is 17.9 Å². The Hall–Kier alpha value is -2.47. The summed E-state index contributed by atoms with van der Waals surface area (Å²) in [5.74, 6) is 0.999. The van der Waals surface area contributed by atoms with Gasteiger partial charge in [-0.05, 0) is 30.3 Å². The Kier molecular flexibility index (Phi) is 5.43. The number of ether oxygens (including phenoxy) is 2. The molecule has 6 nitrogen and oxygen atoms in total. The van der Waals surface area contributed by atoms with Gasteiger partial charge in [-0.1, -0.05) is 0 Å². The number of rotatable bonds is 8. The van der Waals surface area contributed by atoms with Crippen LogP contribution in [0, 0.1) is 0 Å². The predicted molar refractivity (Wildman–Crippen MR) is 76.5 cm³/mol. The lowest BCUT2D eigenvalue weighted by atomic mass is 10.1. The first-order chi connectivity index (χ1) is 10.6. The number of quaternary nitrogens is 1. The van der Waals surface area contributed by atoms with Gasteiger partial charge in [0, 0.05) is 0 Å². The number of aliphatic carboxylic acids is 1. The van der Waals surface area contributed by atoms with E-state index in [-0.39, 0.29) is 6.54 Å². The maximum Gasteiger partial charge on any atom is 0.157 e. The molecule has 1 N–H and O–H groups in total. The Labute approximate surface area is 128 Å². The Morgan fingerprint density at radius 1 is 1.23 bits per heavy atom. The molecule has 1 atom stereocenters. The smallest absolute Gasteiger partial charge is 0.157 e. The normalized spacial score (nSPS) is 11.9. The van der Waals surface area contributed by atoms with E-state index in [4.69, 9.17) is 13.9 Å². The Morgan fingerprint density at radius 2 is 2.05 bits per heavy atom. The largest absolute Gasteiger partial charge is 0.544 e. The SMILES string of the molecule is COc1ccc(OC)c(C[NH+](CC(=O)[O-])Cc2ccco2)c1. The van der Waals surface area contributed by atoms with Crippen LogP contribution in [0.1, 0.15) is 11.3 Å². The molecule has 2 aromatic rings. The third-order valence-electron chi connectivity index (χ3n) is 3.33. The zero-order chi connectivity index (χ0) is 15.9. The van der Waals surface area contributed by atoms with Gasteiger partial charge in [0.1, 0.15) is 31.1 Å². The highest BCUT2D eigenvalue weighted by atomic mass is 16.5. The standard InChI is InChI=1S/C16H19NO5/c1-20-13-5-6-15(21-2)12(8-13)9-17(11-16(18)19)10-14-4-3-7-22-14/h3-8H,9-11H2,1-2H3,(H,18,19). The summed E-state index contributed by atoms with van der Waals surface area (Å²) in [6.45, 7) is 0.775. The Morgan fingerprint density at radius 3 is 2.64 bits per heavy atom. The summed E-state index contributed by atoms with van der Waals surface area (Å²) in [6.07, 6.45) is 1.57. The molecule has 0 aliphatic carbocycles. The Balaban J connectivity index is 2.19. The number of benzene rings is 1. The van der Waals surface area contributed by atoms with Crippen LogP contribution in [0.5, 0.6) is 11.5 Å². The second kappa shape index (κ2) is 7.51. The third-order valence-corrected chi connectivity index (χ3v) is 3.33. The van der Waals surface area contributed by atoms with Gasteiger partial charge in [0.05, 0.1) is 32.0 Å². The molecule has 0 saturated carbocycles. The molecule has 22 heavy (non-hydrogen) atoms. The summed E-state index contributed by atoms with van der Waals surface area (Å²) in [5, 5.41) is 11.0. The molecule has 0 radical (unpaired) electrons. The topological polar surface area (TPSA) is 76.2 Å². The van der Waals surface area contributed by atoms with E-state index in [2.05, 4.69) is 0 Å². The van der Waals surface area contributed by atoms with Crippen LogP contribution in [0.15, 0.2) is 41.0 Å². The number of hydrogen-bond acceptors (Lipinski definition) is 5. The van der Waals surface area contributed by atoms with Crippen LogP contribution < -0.4 is 19.5 Å². The summed E-state index contributed by atoms with van der Waals surface area (Å²) in [5.41, 5.74) is 0.865. The predicted octanol–water partition coefficient (Wildman–Crippen LogP) is -0.368. The molecule has 0 fully saturated rings. The first-order valence-corrected chi connectivity index (χ1v) is 6.89. The van der Waals surface area contributed by atoms with E-state index < -0.39 is 5.97 Å². The molecule has 1 aromatic heterocycles. The first kappa shape index (κ1) is 15.9. The maximum absolute atomic E-state index is 11.0. The van der Waals surface area contributed by atoms with Crippen molar-refractivity contribution < 1.29 is 28.7 Å². The summed E-state index contributed by atoms with van der Waals surface area (Å²) in [6, 6.07) is 9.04. The molecule has 0 aliphatic heterocycles. The highest BCUT2D eigenvalue weighted by Gasteiger charge is 2.16. The van der Waals surface area contributed by atoms with E-state index in [1.165, 1.54) is 0 Å². The van der Waals surface area contributed by atoms with E-state index in [1.807, 2.05) is 12.1 Å². The molecule has 1 unspecified atom stereocenters. The molecular formula is C16H19NO5. The van der Waals surface area contributed by atoms with Gasteiger partial charge >= 0.3 is 0 Å². The van der Waals surface area contributed by atoms with Crippen molar-refractivity contribution in [1.82, 2.24) is 0 Å². The molecule has 1 heterocycles. The van der Waals surface area contributed by atoms with E-state index >= 15 is 0 Å². The van der Waals surface area contributed by atoms with Gasteiger partial charge in [-0.15, -0.1) is 0 Å². The van der Waals surface area contributed by atoms with Crippen molar-refractivity contribution in [3.05, 3.63) is 47.9 Å². The van der Waals surface area contributed by atoms with Crippen molar-refractivity contribution >= 4 is 5.97 Å². The van der Waals surface area contributed by atoms with Crippen molar-refractivity contribution in [2.24, 2.45) is 0 Å². The fraction of sp³-hybridized carbons (Fsp3) is 0.312. The van der Waals surface area contributed by atoms with Crippen molar-refractivity contribution in [1.29, 1.82) is 0 Å². The highest BCUT2D eigenvalue weighted by molar-refractivity contribution is 5.65. The summed E-state index contributed by atoms with van der Waals surface area (Å²) in [7, 11) is 3.16. The van der Waals surface area contributed by atoms with E-state index in [9.17, 15) is 9.90 Å². The van der Waals surface area contributed by atoms with Gasteiger partial charge in [0.15, 0.2) is 5.76 Å². The lowest BCUT2D eigenvalue weighted by molar-refractivity contribution is -0.922. The van der Waals surface area contributed by atoms with Gasteiger partial charge in [-0.25, -0.2) is 0 Å². The fourth-order valence-corrected chi connectivity index (χ4v) is 2.34. The molecule has 0 amide bonds. The van der Waals surface area contributed by atoms with Gasteiger partial charge in [-0.3, -0.25) is 0 Å². The number of carboxylic acids is 1. The van der Waals surface area contributed by atoms with Gasteiger partial charge in [0.25, 0.3) is 0 Å². The molecule has 0 aliphatic rings. The molecule has 2 rings (SSSR count). The van der Waals surface area contributed by atoms with Crippen LogP contribution in [-0.4, -0.2) is 26.7 Å². The quantitative estimate of drug-likeness (QED) is 0.720. The monoisotopic (exact) mass is 305 g/mol. The molecule has 6 heteroatoms. The molecular weight excluding hydrogens is 286 g/mol. The minimum atomic E-state index is -1.11. The van der Waals surface area contributed by atoms with Gasteiger partial charge in [0.2, 0.25) is 0 Å². The van der Waals surface area contributed by atoms with Crippen LogP contribution in [0.2, 0.25) is 0 Å². The number of hydrogen-bond donors (Lipinski definition) is 1. The molecule has 1 aromatic carbocycles. The van der Waals surface area contributed by atoms with Crippen molar-refractivity contribution in [3.8, 4) is 11.5 Å². The van der Waals surface area contributed by atoms with E-state index in [0.717, 1.165) is 16.2 Å². The minimum absolute atomic E-state index is 0.124. The van der Waals surface area contributed by atoms with Crippen molar-refractivity contribution in [2.45, 2.75) is 13.1 Å². The van der Waals surface area contributed by atoms with Crippen molar-refractivity contribution in [2.75, 3.05) is 20.8 Å². The van der Waals surface area contributed by atoms with Crippen LogP contribution >= 0.6 is 0 Å². The summed E-state index contributed by atoms with van der Waals surface area (Å²) < 4.78 is 15.8. The summed E-state index contributed by atoms with van der Waals surface area (Å²) in [4.78, 5) is 11.8. The average molecular weight is 305 g/mol. The second-order valence-electron chi connectivity index (χ2n) is 4.91.